The molecule has 0 aromatic rings. The Morgan fingerprint density at radius 1 is 1.75 bits per heavy atom. The summed E-state index contributed by atoms with van der Waals surface area (Å²) in [7, 11) is 0. The molecule has 5 heteroatoms. The van der Waals surface area contributed by atoms with Gasteiger partial charge in [-0.1, -0.05) is 0 Å². The van der Waals surface area contributed by atoms with Crippen molar-refractivity contribution in [3.8, 4) is 0 Å². The molecule has 0 aliphatic rings. The van der Waals surface area contributed by atoms with Crippen LogP contribution in [0.4, 0.5) is 4.79 Å². The molecule has 0 saturated heterocycles. The zero-order chi connectivity index (χ0) is 6.57. The fourth-order valence-corrected chi connectivity index (χ4v) is 0.361. The normalized spacial score (nSPS) is 9.38. The number of thiol groups is 2. The number of rotatable bonds is 2. The van der Waals surface area contributed by atoms with Gasteiger partial charge >= 0.3 is 6.09 Å². The van der Waals surface area contributed by atoms with Gasteiger partial charge in [-0.05, 0) is 0 Å². The van der Waals surface area contributed by atoms with Gasteiger partial charge in [-0.2, -0.15) is 25.3 Å². The van der Waals surface area contributed by atoms with Gasteiger partial charge in [0.2, 0.25) is 0 Å². The van der Waals surface area contributed by atoms with E-state index in [-0.39, 0.29) is 11.1 Å². The Kier molecular flexibility index (Phi) is 3.90. The van der Waals surface area contributed by atoms with Crippen molar-refractivity contribution in [2.45, 2.75) is 4.58 Å². The first kappa shape index (κ1) is 7.97. The fourth-order valence-electron chi connectivity index (χ4n) is 0.179. The smallest absolute Gasteiger partial charge is 0.404 e. The van der Waals surface area contributed by atoms with Crippen molar-refractivity contribution in [2.75, 3.05) is 6.54 Å². The summed E-state index contributed by atoms with van der Waals surface area (Å²) in [6, 6.07) is 0. The number of carbonyl (C=O) groups is 1. The molecule has 0 atom stereocenters. The summed E-state index contributed by atoms with van der Waals surface area (Å²) in [5.41, 5.74) is 0. The van der Waals surface area contributed by atoms with Crippen LogP contribution < -0.4 is 5.32 Å². The lowest BCUT2D eigenvalue weighted by Crippen LogP contribution is -2.25. The van der Waals surface area contributed by atoms with E-state index in [0.29, 0.717) is 0 Å². The van der Waals surface area contributed by atoms with E-state index >= 15 is 0 Å². The molecule has 0 rings (SSSR count). The third kappa shape index (κ3) is 5.97. The molecular weight excluding hydrogens is 146 g/mol. The molecular formula is C3H7NO2S2. The van der Waals surface area contributed by atoms with Crippen LogP contribution in [0.1, 0.15) is 0 Å². The molecule has 0 heterocycles. The maximum absolute atomic E-state index is 9.72. The van der Waals surface area contributed by atoms with Gasteiger partial charge in [-0.3, -0.25) is 0 Å². The third-order valence-corrected chi connectivity index (χ3v) is 0.801. The second-order valence-corrected chi connectivity index (χ2v) is 2.82. The zero-order valence-corrected chi connectivity index (χ0v) is 5.82. The van der Waals surface area contributed by atoms with Gasteiger partial charge in [0.1, 0.15) is 0 Å². The Hall–Kier alpha value is -0.0300. The highest BCUT2D eigenvalue weighted by molar-refractivity contribution is 7.99. The van der Waals surface area contributed by atoms with Crippen LogP contribution in [0.2, 0.25) is 0 Å². The van der Waals surface area contributed by atoms with E-state index in [9.17, 15) is 4.79 Å². The minimum Gasteiger partial charge on any atom is -0.465 e. The fraction of sp³-hybridized carbons (Fsp3) is 0.667. The Balaban J connectivity index is 3.05. The minimum atomic E-state index is -1.04. The van der Waals surface area contributed by atoms with Crippen molar-refractivity contribution in [1.29, 1.82) is 0 Å². The molecule has 48 valence electrons. The van der Waals surface area contributed by atoms with Crippen LogP contribution >= 0.6 is 25.3 Å². The maximum atomic E-state index is 9.72. The average molecular weight is 153 g/mol. The largest absolute Gasteiger partial charge is 0.465 e. The highest BCUT2D eigenvalue weighted by atomic mass is 32.2. The number of amides is 1. The minimum absolute atomic E-state index is 0.217. The van der Waals surface area contributed by atoms with Crippen molar-refractivity contribution in [3.05, 3.63) is 0 Å². The van der Waals surface area contributed by atoms with Crippen molar-refractivity contribution in [2.24, 2.45) is 0 Å². The highest BCUT2D eigenvalue weighted by Gasteiger charge is 1.96. The first-order valence-electron chi connectivity index (χ1n) is 1.96. The second kappa shape index (κ2) is 3.91. The Labute approximate surface area is 58.3 Å². The Morgan fingerprint density at radius 3 is 2.38 bits per heavy atom. The molecule has 0 unspecified atom stereocenters. The predicted octanol–water partition coefficient (Wildman–Crippen LogP) is 0.440. The molecule has 0 aliphatic carbocycles. The standard InChI is InChI=1S/C3H7NO2S2/c5-3(6)4-1-2(7)8/h2,4,7-8H,1H2,(H,5,6). The number of hydrogen-bond donors (Lipinski definition) is 4. The summed E-state index contributed by atoms with van der Waals surface area (Å²) >= 11 is 7.62. The molecule has 0 aromatic carbocycles. The molecule has 3 nitrogen and oxygen atoms in total. The summed E-state index contributed by atoms with van der Waals surface area (Å²) in [5.74, 6) is 0. The number of carboxylic acid groups (broad SMARTS) is 1. The molecule has 0 bridgehead atoms. The van der Waals surface area contributed by atoms with E-state index in [1.54, 1.807) is 0 Å². The van der Waals surface area contributed by atoms with Crippen LogP contribution in [0.5, 0.6) is 0 Å². The molecule has 2 N–H and O–H groups in total. The lowest BCUT2D eigenvalue weighted by molar-refractivity contribution is 0.195. The Bertz CT molecular complexity index is 85.4. The van der Waals surface area contributed by atoms with Crippen LogP contribution in [0, 0.1) is 0 Å². The van der Waals surface area contributed by atoms with Crippen molar-refractivity contribution in [1.82, 2.24) is 5.32 Å². The molecule has 1 amide bonds. The summed E-state index contributed by atoms with van der Waals surface area (Å²) in [5, 5.41) is 10.1. The summed E-state index contributed by atoms with van der Waals surface area (Å²) in [6.45, 7) is 0.265. The van der Waals surface area contributed by atoms with Gasteiger partial charge in [-0.25, -0.2) is 4.79 Å². The van der Waals surface area contributed by atoms with Crippen LogP contribution in [0.25, 0.3) is 0 Å². The molecule has 0 radical (unpaired) electrons. The number of hydrogen-bond acceptors (Lipinski definition) is 3. The third-order valence-electron chi connectivity index (χ3n) is 0.436. The number of nitrogens with one attached hydrogen (secondary N) is 1. The van der Waals surface area contributed by atoms with Crippen LogP contribution in [0.15, 0.2) is 0 Å². The molecule has 0 fully saturated rings. The van der Waals surface area contributed by atoms with Gasteiger partial charge in [0, 0.05) is 6.54 Å². The first-order valence-corrected chi connectivity index (χ1v) is 2.99. The summed E-state index contributed by atoms with van der Waals surface area (Å²) < 4.78 is -0.217. The zero-order valence-electron chi connectivity index (χ0n) is 4.03. The van der Waals surface area contributed by atoms with Gasteiger partial charge in [-0.15, -0.1) is 0 Å². The molecule has 0 saturated carbocycles. The van der Waals surface area contributed by atoms with Gasteiger partial charge in [0.25, 0.3) is 0 Å². The summed E-state index contributed by atoms with van der Waals surface area (Å²) in [6.07, 6.45) is -1.04. The molecule has 0 aliphatic heterocycles. The maximum Gasteiger partial charge on any atom is 0.404 e. The average Bonchev–Trinajstić information content (AvgIpc) is 1.61. The van der Waals surface area contributed by atoms with Crippen LogP contribution in [-0.4, -0.2) is 22.3 Å². The van der Waals surface area contributed by atoms with Crippen molar-refractivity contribution < 1.29 is 9.90 Å². The Morgan fingerprint density at radius 2 is 2.25 bits per heavy atom. The van der Waals surface area contributed by atoms with Crippen molar-refractivity contribution >= 4 is 31.4 Å². The topological polar surface area (TPSA) is 49.3 Å². The summed E-state index contributed by atoms with van der Waals surface area (Å²) in [4.78, 5) is 9.72. The lowest BCUT2D eigenvalue weighted by atomic mass is 10.7. The van der Waals surface area contributed by atoms with Gasteiger partial charge in [0.15, 0.2) is 0 Å². The quantitative estimate of drug-likeness (QED) is 0.344. The molecule has 8 heavy (non-hydrogen) atoms. The van der Waals surface area contributed by atoms with Crippen molar-refractivity contribution in [3.63, 3.8) is 0 Å². The van der Waals surface area contributed by atoms with Gasteiger partial charge < -0.3 is 10.4 Å². The van der Waals surface area contributed by atoms with Crippen LogP contribution in [-0.2, 0) is 0 Å². The second-order valence-electron chi connectivity index (χ2n) is 1.17. The van der Waals surface area contributed by atoms with Crippen LogP contribution in [0.3, 0.4) is 0 Å². The highest BCUT2D eigenvalue weighted by Crippen LogP contribution is 1.95. The van der Waals surface area contributed by atoms with E-state index in [1.165, 1.54) is 0 Å². The van der Waals surface area contributed by atoms with Gasteiger partial charge in [0.05, 0.1) is 4.58 Å². The lowest BCUT2D eigenvalue weighted by Gasteiger charge is -2.00. The van der Waals surface area contributed by atoms with E-state index in [4.69, 9.17) is 5.11 Å². The monoisotopic (exact) mass is 153 g/mol. The van der Waals surface area contributed by atoms with E-state index in [0.717, 1.165) is 0 Å². The predicted molar refractivity (Wildman–Crippen MR) is 37.8 cm³/mol. The molecule has 0 aromatic heterocycles. The first-order chi connectivity index (χ1) is 3.63. The SMILES string of the molecule is O=C(O)NCC(S)S. The molecule has 0 spiro atoms. The van der Waals surface area contributed by atoms with E-state index < -0.39 is 6.09 Å². The van der Waals surface area contributed by atoms with E-state index in [1.807, 2.05) is 0 Å². The van der Waals surface area contributed by atoms with E-state index in [2.05, 4.69) is 30.6 Å².